The van der Waals surface area contributed by atoms with Crippen molar-refractivity contribution < 1.29 is 0 Å². The lowest BCUT2D eigenvalue weighted by Crippen LogP contribution is -2.36. The predicted molar refractivity (Wildman–Crippen MR) is 138 cm³/mol. The maximum Gasteiger partial charge on any atom is 0.252 e. The molecule has 1 atom stereocenters. The minimum atomic E-state index is -0.220. The van der Waals surface area contributed by atoms with Gasteiger partial charge in [-0.2, -0.15) is 0 Å². The molecule has 8 heteroatoms. The van der Waals surface area contributed by atoms with Crippen LogP contribution < -0.4 is 5.56 Å². The van der Waals surface area contributed by atoms with E-state index < -0.39 is 0 Å². The number of pyridine rings is 2. The molecular formula is C27H35N7O. The van der Waals surface area contributed by atoms with Crippen LogP contribution in [0.1, 0.15) is 74.7 Å². The van der Waals surface area contributed by atoms with Gasteiger partial charge < -0.3 is 4.98 Å². The molecule has 8 nitrogen and oxygen atoms in total. The first-order chi connectivity index (χ1) is 16.7. The maximum atomic E-state index is 13.2. The molecule has 35 heavy (non-hydrogen) atoms. The smallest absolute Gasteiger partial charge is 0.252 e. The van der Waals surface area contributed by atoms with Gasteiger partial charge in [-0.3, -0.25) is 14.7 Å². The van der Waals surface area contributed by atoms with E-state index in [1.54, 1.807) is 6.20 Å². The van der Waals surface area contributed by atoms with E-state index in [9.17, 15) is 4.79 Å². The van der Waals surface area contributed by atoms with Crippen LogP contribution in [0.4, 0.5) is 0 Å². The molecule has 184 valence electrons. The number of aromatic nitrogens is 6. The molecule has 4 rings (SSSR count). The fourth-order valence-corrected chi connectivity index (χ4v) is 4.50. The number of nitrogens with one attached hydrogen (secondary N) is 1. The highest BCUT2D eigenvalue weighted by atomic mass is 16.1. The van der Waals surface area contributed by atoms with Crippen molar-refractivity contribution in [3.8, 4) is 0 Å². The number of aryl methyl sites for hydroxylation is 2. The van der Waals surface area contributed by atoms with Gasteiger partial charge in [0.15, 0.2) is 5.82 Å². The molecular weight excluding hydrogens is 438 g/mol. The summed E-state index contributed by atoms with van der Waals surface area (Å²) >= 11 is 0. The molecule has 4 aromatic rings. The topological polar surface area (TPSA) is 92.6 Å². The molecule has 0 bridgehead atoms. The summed E-state index contributed by atoms with van der Waals surface area (Å²) < 4.78 is 1.94. The summed E-state index contributed by atoms with van der Waals surface area (Å²) in [6.45, 7) is 13.7. The standard InChI is InChI=1S/C27H35N7O/c1-7-23(25-30-31-32-34(25)27(5,6)8-2)33(16-20-10-9-13-28-15-20)17-22-14-21-12-11-18(3)19(4)24(21)29-26(22)35/h9-15,23H,7-8,16-17H2,1-6H3,(H,29,35)/t23-/m1/s1. The van der Waals surface area contributed by atoms with Gasteiger partial charge in [0, 0.05) is 31.0 Å². The highest BCUT2D eigenvalue weighted by Crippen LogP contribution is 2.30. The average Bonchev–Trinajstić information content (AvgIpc) is 3.34. The van der Waals surface area contributed by atoms with E-state index in [0.29, 0.717) is 13.1 Å². The Bertz CT molecular complexity index is 1360. The van der Waals surface area contributed by atoms with E-state index in [-0.39, 0.29) is 17.1 Å². The third-order valence-corrected chi connectivity index (χ3v) is 7.17. The number of benzene rings is 1. The Hall–Kier alpha value is -3.39. The number of fused-ring (bicyclic) bond motifs is 1. The van der Waals surface area contributed by atoms with Crippen LogP contribution in [-0.2, 0) is 18.6 Å². The number of aromatic amines is 1. The van der Waals surface area contributed by atoms with Gasteiger partial charge in [0.25, 0.3) is 5.56 Å². The molecule has 0 radical (unpaired) electrons. The summed E-state index contributed by atoms with van der Waals surface area (Å²) in [6.07, 6.45) is 5.33. The van der Waals surface area contributed by atoms with Gasteiger partial charge in [-0.25, -0.2) is 4.68 Å². The normalized spacial score (nSPS) is 13.0. The van der Waals surface area contributed by atoms with Gasteiger partial charge in [0.2, 0.25) is 0 Å². The molecule has 0 saturated heterocycles. The quantitative estimate of drug-likeness (QED) is 0.374. The van der Waals surface area contributed by atoms with Crippen LogP contribution in [0, 0.1) is 13.8 Å². The minimum Gasteiger partial charge on any atom is -0.321 e. The fourth-order valence-electron chi connectivity index (χ4n) is 4.50. The van der Waals surface area contributed by atoms with Crippen molar-refractivity contribution in [1.82, 2.24) is 35.1 Å². The Morgan fingerprint density at radius 2 is 1.94 bits per heavy atom. The summed E-state index contributed by atoms with van der Waals surface area (Å²) in [5.41, 5.74) is 4.67. The average molecular weight is 474 g/mol. The zero-order valence-corrected chi connectivity index (χ0v) is 21.5. The molecule has 0 fully saturated rings. The summed E-state index contributed by atoms with van der Waals surface area (Å²) in [5.74, 6) is 0.812. The van der Waals surface area contributed by atoms with Crippen molar-refractivity contribution in [2.24, 2.45) is 0 Å². The number of tetrazole rings is 1. The van der Waals surface area contributed by atoms with Crippen molar-refractivity contribution in [2.75, 3.05) is 0 Å². The van der Waals surface area contributed by atoms with Crippen LogP contribution in [0.2, 0.25) is 0 Å². The molecule has 0 saturated carbocycles. The molecule has 0 spiro atoms. The first-order valence-electron chi connectivity index (χ1n) is 12.3. The highest BCUT2D eigenvalue weighted by Gasteiger charge is 2.31. The molecule has 3 aromatic heterocycles. The van der Waals surface area contributed by atoms with Gasteiger partial charge >= 0.3 is 0 Å². The van der Waals surface area contributed by atoms with Gasteiger partial charge in [0.1, 0.15) is 0 Å². The van der Waals surface area contributed by atoms with E-state index in [2.05, 4.69) is 83.2 Å². The zero-order valence-electron chi connectivity index (χ0n) is 21.5. The highest BCUT2D eigenvalue weighted by molar-refractivity contribution is 5.83. The van der Waals surface area contributed by atoms with Gasteiger partial charge in [-0.1, -0.05) is 32.0 Å². The summed E-state index contributed by atoms with van der Waals surface area (Å²) in [7, 11) is 0. The Balaban J connectivity index is 1.78. The summed E-state index contributed by atoms with van der Waals surface area (Å²) in [5, 5.41) is 13.9. The molecule has 1 N–H and O–H groups in total. The van der Waals surface area contributed by atoms with Crippen molar-refractivity contribution in [3.05, 3.63) is 81.2 Å². The Morgan fingerprint density at radius 1 is 1.14 bits per heavy atom. The number of H-pyrrole nitrogens is 1. The van der Waals surface area contributed by atoms with E-state index in [4.69, 9.17) is 0 Å². The largest absolute Gasteiger partial charge is 0.321 e. The lowest BCUT2D eigenvalue weighted by atomic mass is 10.0. The number of hydrogen-bond donors (Lipinski definition) is 1. The van der Waals surface area contributed by atoms with Crippen LogP contribution >= 0.6 is 0 Å². The molecule has 0 aliphatic rings. The third-order valence-electron chi connectivity index (χ3n) is 7.17. The second-order valence-corrected chi connectivity index (χ2v) is 9.90. The lowest BCUT2D eigenvalue weighted by Gasteiger charge is -2.33. The summed E-state index contributed by atoms with van der Waals surface area (Å²) in [6, 6.07) is 10.1. The Kier molecular flexibility index (Phi) is 7.12. The first kappa shape index (κ1) is 24.7. The third kappa shape index (κ3) is 5.03. The van der Waals surface area contributed by atoms with Crippen molar-refractivity contribution >= 4 is 10.9 Å². The van der Waals surface area contributed by atoms with Gasteiger partial charge in [0.05, 0.1) is 17.1 Å². The molecule has 0 aliphatic carbocycles. The summed E-state index contributed by atoms with van der Waals surface area (Å²) in [4.78, 5) is 22.9. The van der Waals surface area contributed by atoms with E-state index >= 15 is 0 Å². The zero-order chi connectivity index (χ0) is 25.2. The molecule has 0 amide bonds. The molecule has 0 unspecified atom stereocenters. The van der Waals surface area contributed by atoms with E-state index in [0.717, 1.165) is 51.8 Å². The van der Waals surface area contributed by atoms with Crippen molar-refractivity contribution in [1.29, 1.82) is 0 Å². The molecule has 0 aliphatic heterocycles. The maximum absolute atomic E-state index is 13.2. The lowest BCUT2D eigenvalue weighted by molar-refractivity contribution is 0.150. The second kappa shape index (κ2) is 10.1. The number of nitrogens with zero attached hydrogens (tertiary/aromatic N) is 6. The first-order valence-corrected chi connectivity index (χ1v) is 12.3. The minimum absolute atomic E-state index is 0.0641. The van der Waals surface area contributed by atoms with Crippen molar-refractivity contribution in [2.45, 2.75) is 79.1 Å². The van der Waals surface area contributed by atoms with Crippen molar-refractivity contribution in [3.63, 3.8) is 0 Å². The van der Waals surface area contributed by atoms with Crippen LogP contribution in [0.15, 0.2) is 47.5 Å². The van der Waals surface area contributed by atoms with Crippen LogP contribution in [0.5, 0.6) is 0 Å². The fraction of sp³-hybridized carbons (Fsp3) is 0.444. The van der Waals surface area contributed by atoms with E-state index in [1.165, 1.54) is 0 Å². The Labute approximate surface area is 206 Å². The Morgan fingerprint density at radius 3 is 2.63 bits per heavy atom. The van der Waals surface area contributed by atoms with Gasteiger partial charge in [-0.05, 0) is 85.2 Å². The van der Waals surface area contributed by atoms with Gasteiger partial charge in [-0.15, -0.1) is 5.10 Å². The second-order valence-electron chi connectivity index (χ2n) is 9.90. The SMILES string of the molecule is CC[C@H](c1nnnn1C(C)(C)CC)N(Cc1cccnc1)Cc1cc2ccc(C)c(C)c2[nH]c1=O. The van der Waals surface area contributed by atoms with Crippen LogP contribution in [0.25, 0.3) is 10.9 Å². The number of rotatable bonds is 9. The molecule has 1 aromatic carbocycles. The predicted octanol–water partition coefficient (Wildman–Crippen LogP) is 4.83. The monoisotopic (exact) mass is 473 g/mol. The van der Waals surface area contributed by atoms with Crippen LogP contribution in [-0.4, -0.2) is 35.1 Å². The van der Waals surface area contributed by atoms with E-state index in [1.807, 2.05) is 29.9 Å². The van der Waals surface area contributed by atoms with Crippen LogP contribution in [0.3, 0.4) is 0 Å². The molecule has 3 heterocycles. The number of hydrogen-bond acceptors (Lipinski definition) is 6.